The summed E-state index contributed by atoms with van der Waals surface area (Å²) in [5.41, 5.74) is 2.28. The lowest BCUT2D eigenvalue weighted by Crippen LogP contribution is -1.86. The molecule has 0 unspecified atom stereocenters. The fourth-order valence-electron chi connectivity index (χ4n) is 1.64. The lowest BCUT2D eigenvalue weighted by molar-refractivity contribution is 0.282. The highest BCUT2D eigenvalue weighted by Gasteiger charge is 1.97. The average Bonchev–Trinajstić information content (AvgIpc) is 2.46. The summed E-state index contributed by atoms with van der Waals surface area (Å²) in [6, 6.07) is 16.8. The Hall–Kier alpha value is -0.900. The zero-order valence-electron chi connectivity index (χ0n) is 11.0. The molecule has 0 fully saturated rings. The summed E-state index contributed by atoms with van der Waals surface area (Å²) in [5.74, 6) is 2.20. The first-order valence-electron chi connectivity index (χ1n) is 6.30. The van der Waals surface area contributed by atoms with Crippen LogP contribution in [0.15, 0.2) is 58.3 Å². The van der Waals surface area contributed by atoms with Gasteiger partial charge in [0.1, 0.15) is 0 Å². The van der Waals surface area contributed by atoms with E-state index in [2.05, 4.69) is 43.3 Å². The van der Waals surface area contributed by atoms with Crippen molar-refractivity contribution in [1.29, 1.82) is 0 Å². The minimum absolute atomic E-state index is 0.119. The Bertz CT molecular complexity index is 491. The first kappa shape index (κ1) is 14.5. The fraction of sp³-hybridized carbons (Fsp3) is 0.250. The third-order valence-corrected chi connectivity index (χ3v) is 5.03. The molecule has 0 aromatic heterocycles. The van der Waals surface area contributed by atoms with Gasteiger partial charge in [-0.25, -0.2) is 0 Å². The molecule has 0 heterocycles. The Morgan fingerprint density at radius 2 is 1.26 bits per heavy atom. The maximum Gasteiger partial charge on any atom is 0.0681 e. The highest BCUT2D eigenvalue weighted by atomic mass is 32.2. The summed E-state index contributed by atoms with van der Waals surface area (Å²) in [4.78, 5) is 2.60. The van der Waals surface area contributed by atoms with Crippen LogP contribution < -0.4 is 0 Å². The summed E-state index contributed by atoms with van der Waals surface area (Å²) in [5, 5.41) is 8.98. The Balaban J connectivity index is 1.72. The summed E-state index contributed by atoms with van der Waals surface area (Å²) in [7, 11) is 0. The quantitative estimate of drug-likeness (QED) is 0.630. The van der Waals surface area contributed by atoms with Gasteiger partial charge in [0, 0.05) is 21.3 Å². The molecule has 0 saturated heterocycles. The molecule has 0 aliphatic rings. The highest BCUT2D eigenvalue weighted by molar-refractivity contribution is 8.03. The predicted octanol–water partition coefficient (Wildman–Crippen LogP) is 4.37. The molecule has 0 saturated carbocycles. The van der Waals surface area contributed by atoms with E-state index in [0.29, 0.717) is 0 Å². The molecule has 3 heteroatoms. The number of thioether (sulfide) groups is 2. The number of hydrogen-bond acceptors (Lipinski definition) is 3. The second-order valence-electron chi connectivity index (χ2n) is 4.31. The Morgan fingerprint density at radius 1 is 0.789 bits per heavy atom. The normalized spacial score (nSPS) is 10.6. The number of benzene rings is 2. The smallest absolute Gasteiger partial charge is 0.0681 e. The third-order valence-electron chi connectivity index (χ3n) is 2.75. The number of aliphatic hydroxyl groups excluding tert-OH is 1. The number of aryl methyl sites for hydroxylation is 1. The minimum atomic E-state index is 0.119. The summed E-state index contributed by atoms with van der Waals surface area (Å²) < 4.78 is 0. The minimum Gasteiger partial charge on any atom is -0.392 e. The molecule has 0 spiro atoms. The van der Waals surface area contributed by atoms with Crippen molar-refractivity contribution >= 4 is 23.5 Å². The van der Waals surface area contributed by atoms with Crippen LogP contribution in [0.1, 0.15) is 11.1 Å². The molecule has 0 radical (unpaired) electrons. The Kier molecular flexibility index (Phi) is 5.83. The van der Waals surface area contributed by atoms with Crippen molar-refractivity contribution in [2.45, 2.75) is 23.3 Å². The third kappa shape index (κ3) is 4.94. The Morgan fingerprint density at radius 3 is 1.74 bits per heavy atom. The first-order valence-corrected chi connectivity index (χ1v) is 8.27. The molecule has 0 amide bonds. The fourth-order valence-corrected chi connectivity index (χ4v) is 3.44. The van der Waals surface area contributed by atoms with E-state index in [0.717, 1.165) is 17.1 Å². The van der Waals surface area contributed by atoms with E-state index < -0.39 is 0 Å². The van der Waals surface area contributed by atoms with Crippen molar-refractivity contribution in [2.75, 3.05) is 11.5 Å². The van der Waals surface area contributed by atoms with Crippen molar-refractivity contribution in [3.63, 3.8) is 0 Å². The molecule has 2 aromatic carbocycles. The molecule has 2 aromatic rings. The monoisotopic (exact) mass is 290 g/mol. The van der Waals surface area contributed by atoms with E-state index in [1.807, 2.05) is 35.7 Å². The molecule has 0 aliphatic heterocycles. The Labute approximate surface area is 123 Å². The van der Waals surface area contributed by atoms with Crippen LogP contribution in [0.3, 0.4) is 0 Å². The average molecular weight is 290 g/mol. The zero-order valence-corrected chi connectivity index (χ0v) is 12.6. The van der Waals surface area contributed by atoms with Gasteiger partial charge in [0.2, 0.25) is 0 Å². The van der Waals surface area contributed by atoms with Crippen molar-refractivity contribution in [3.8, 4) is 0 Å². The van der Waals surface area contributed by atoms with Gasteiger partial charge in [-0.15, -0.1) is 23.5 Å². The van der Waals surface area contributed by atoms with Gasteiger partial charge in [-0.05, 0) is 36.8 Å². The molecule has 100 valence electrons. The molecule has 1 nitrogen and oxygen atoms in total. The lowest BCUT2D eigenvalue weighted by Gasteiger charge is -2.04. The molecule has 1 N–H and O–H groups in total. The van der Waals surface area contributed by atoms with Crippen LogP contribution in [0.25, 0.3) is 0 Å². The van der Waals surface area contributed by atoms with E-state index in [1.54, 1.807) is 0 Å². The van der Waals surface area contributed by atoms with Crippen LogP contribution in [0.5, 0.6) is 0 Å². The van der Waals surface area contributed by atoms with Crippen LogP contribution in [0.4, 0.5) is 0 Å². The van der Waals surface area contributed by atoms with Gasteiger partial charge in [-0.3, -0.25) is 0 Å². The van der Waals surface area contributed by atoms with Crippen molar-refractivity contribution in [2.24, 2.45) is 0 Å². The van der Waals surface area contributed by atoms with Crippen molar-refractivity contribution in [1.82, 2.24) is 0 Å². The molecule has 2 rings (SSSR count). The summed E-state index contributed by atoms with van der Waals surface area (Å²) in [6.07, 6.45) is 0. The van der Waals surface area contributed by atoms with Gasteiger partial charge in [0.05, 0.1) is 6.61 Å². The zero-order chi connectivity index (χ0) is 13.5. The molecule has 0 aliphatic carbocycles. The molecular weight excluding hydrogens is 272 g/mol. The second kappa shape index (κ2) is 7.63. The number of aliphatic hydroxyl groups is 1. The van der Waals surface area contributed by atoms with Crippen molar-refractivity contribution < 1.29 is 5.11 Å². The van der Waals surface area contributed by atoms with Crippen LogP contribution in [-0.2, 0) is 6.61 Å². The summed E-state index contributed by atoms with van der Waals surface area (Å²) in [6.45, 7) is 2.23. The van der Waals surface area contributed by atoms with E-state index in [9.17, 15) is 0 Å². The number of rotatable bonds is 6. The van der Waals surface area contributed by atoms with Crippen LogP contribution in [0.2, 0.25) is 0 Å². The van der Waals surface area contributed by atoms with Gasteiger partial charge in [0.25, 0.3) is 0 Å². The molecule has 0 atom stereocenters. The van der Waals surface area contributed by atoms with Crippen LogP contribution in [-0.4, -0.2) is 16.6 Å². The maximum atomic E-state index is 8.98. The number of hydrogen-bond donors (Lipinski definition) is 1. The summed E-state index contributed by atoms with van der Waals surface area (Å²) >= 11 is 3.75. The molecular formula is C16H18OS2. The van der Waals surface area contributed by atoms with E-state index in [-0.39, 0.29) is 6.61 Å². The van der Waals surface area contributed by atoms with E-state index >= 15 is 0 Å². The maximum absolute atomic E-state index is 8.98. The van der Waals surface area contributed by atoms with E-state index in [4.69, 9.17) is 5.11 Å². The second-order valence-corrected chi connectivity index (χ2v) is 6.65. The van der Waals surface area contributed by atoms with Gasteiger partial charge < -0.3 is 5.11 Å². The predicted molar refractivity (Wildman–Crippen MR) is 85.0 cm³/mol. The standard InChI is InChI=1S/C16H18OS2/c1-13-2-6-15(7-3-13)18-10-11-19-16-8-4-14(12-17)5-9-16/h2-9,17H,10-12H2,1H3. The highest BCUT2D eigenvalue weighted by Crippen LogP contribution is 2.23. The van der Waals surface area contributed by atoms with E-state index in [1.165, 1.54) is 15.4 Å². The molecule has 0 bridgehead atoms. The largest absolute Gasteiger partial charge is 0.392 e. The van der Waals surface area contributed by atoms with Gasteiger partial charge >= 0.3 is 0 Å². The van der Waals surface area contributed by atoms with Gasteiger partial charge in [0.15, 0.2) is 0 Å². The van der Waals surface area contributed by atoms with Crippen molar-refractivity contribution in [3.05, 3.63) is 59.7 Å². The first-order chi connectivity index (χ1) is 9.28. The lowest BCUT2D eigenvalue weighted by atomic mass is 10.2. The van der Waals surface area contributed by atoms with Crippen LogP contribution in [0, 0.1) is 6.92 Å². The van der Waals surface area contributed by atoms with Gasteiger partial charge in [-0.2, -0.15) is 0 Å². The topological polar surface area (TPSA) is 20.2 Å². The SMILES string of the molecule is Cc1ccc(SCCSc2ccc(CO)cc2)cc1. The molecule has 19 heavy (non-hydrogen) atoms. The van der Waals surface area contributed by atoms with Crippen LogP contribution >= 0.6 is 23.5 Å². The van der Waals surface area contributed by atoms with Gasteiger partial charge in [-0.1, -0.05) is 29.8 Å².